The lowest BCUT2D eigenvalue weighted by molar-refractivity contribution is -0.142. The predicted molar refractivity (Wildman–Crippen MR) is 107 cm³/mol. The number of rotatable bonds is 8. The molecule has 0 aliphatic heterocycles. The second-order valence-corrected chi connectivity index (χ2v) is 5.98. The monoisotopic (exact) mass is 410 g/mol. The van der Waals surface area contributed by atoms with E-state index in [1.807, 2.05) is 6.07 Å². The van der Waals surface area contributed by atoms with Crippen LogP contribution in [0.15, 0.2) is 54.6 Å². The van der Waals surface area contributed by atoms with Crippen LogP contribution in [-0.2, 0) is 19.1 Å². The smallest absolute Gasteiger partial charge is 0.337 e. The van der Waals surface area contributed by atoms with E-state index in [0.29, 0.717) is 16.8 Å². The first-order valence-corrected chi connectivity index (χ1v) is 8.90. The van der Waals surface area contributed by atoms with E-state index in [2.05, 4.69) is 4.74 Å². The van der Waals surface area contributed by atoms with Gasteiger partial charge >= 0.3 is 11.9 Å². The van der Waals surface area contributed by atoms with Crippen molar-refractivity contribution < 1.29 is 28.2 Å². The van der Waals surface area contributed by atoms with Crippen molar-refractivity contribution in [3.8, 4) is 6.07 Å². The molecular formula is C22H19FN2O5. The van der Waals surface area contributed by atoms with E-state index in [-0.39, 0.29) is 13.0 Å². The largest absolute Gasteiger partial charge is 0.465 e. The van der Waals surface area contributed by atoms with Crippen LogP contribution in [0.4, 0.5) is 10.1 Å². The van der Waals surface area contributed by atoms with Crippen molar-refractivity contribution in [2.75, 3.05) is 25.2 Å². The molecule has 0 heterocycles. The second-order valence-electron chi connectivity index (χ2n) is 5.98. The number of amides is 1. The van der Waals surface area contributed by atoms with Gasteiger partial charge in [0.2, 0.25) is 0 Å². The van der Waals surface area contributed by atoms with E-state index >= 15 is 0 Å². The van der Waals surface area contributed by atoms with Crippen molar-refractivity contribution in [2.24, 2.45) is 0 Å². The van der Waals surface area contributed by atoms with Gasteiger partial charge in [0, 0.05) is 18.3 Å². The van der Waals surface area contributed by atoms with Gasteiger partial charge in [-0.3, -0.25) is 4.79 Å². The Balaban J connectivity index is 1.94. The number of halogens is 1. The van der Waals surface area contributed by atoms with Crippen molar-refractivity contribution in [2.45, 2.75) is 6.42 Å². The molecule has 0 aliphatic carbocycles. The molecule has 0 saturated heterocycles. The van der Waals surface area contributed by atoms with Crippen LogP contribution in [0.3, 0.4) is 0 Å². The van der Waals surface area contributed by atoms with Crippen molar-refractivity contribution in [1.29, 1.82) is 5.26 Å². The van der Waals surface area contributed by atoms with Crippen LogP contribution in [0.5, 0.6) is 0 Å². The van der Waals surface area contributed by atoms with E-state index < -0.39 is 30.3 Å². The van der Waals surface area contributed by atoms with Gasteiger partial charge in [0.05, 0.1) is 25.2 Å². The van der Waals surface area contributed by atoms with Gasteiger partial charge in [-0.1, -0.05) is 12.1 Å². The van der Waals surface area contributed by atoms with Crippen LogP contribution in [-0.4, -0.2) is 38.1 Å². The third kappa shape index (κ3) is 6.56. The highest BCUT2D eigenvalue weighted by Gasteiger charge is 2.17. The zero-order chi connectivity index (χ0) is 21.9. The number of benzene rings is 2. The first-order valence-electron chi connectivity index (χ1n) is 8.90. The summed E-state index contributed by atoms with van der Waals surface area (Å²) in [7, 11) is 1.28. The average Bonchev–Trinajstić information content (AvgIpc) is 2.77. The average molecular weight is 410 g/mol. The fraction of sp³-hybridized carbons (Fsp3) is 0.182. The van der Waals surface area contributed by atoms with Crippen LogP contribution in [0.1, 0.15) is 22.3 Å². The Labute approximate surface area is 172 Å². The summed E-state index contributed by atoms with van der Waals surface area (Å²) in [6.45, 7) is -0.450. The fourth-order valence-electron chi connectivity index (χ4n) is 2.45. The maximum absolute atomic E-state index is 13.1. The summed E-state index contributed by atoms with van der Waals surface area (Å²) in [6.07, 6.45) is 2.69. The lowest BCUT2D eigenvalue weighted by Crippen LogP contribution is -2.35. The first kappa shape index (κ1) is 22.3. The van der Waals surface area contributed by atoms with Gasteiger partial charge in [-0.05, 0) is 48.0 Å². The van der Waals surface area contributed by atoms with Gasteiger partial charge < -0.3 is 14.4 Å². The molecule has 0 saturated carbocycles. The minimum absolute atomic E-state index is 0.0680. The Kier molecular flexibility index (Phi) is 8.27. The molecule has 0 fully saturated rings. The van der Waals surface area contributed by atoms with Gasteiger partial charge in [0.1, 0.15) is 5.82 Å². The van der Waals surface area contributed by atoms with E-state index in [4.69, 9.17) is 10.00 Å². The van der Waals surface area contributed by atoms with Crippen LogP contribution in [0, 0.1) is 17.1 Å². The summed E-state index contributed by atoms with van der Waals surface area (Å²) < 4.78 is 22.7. The molecule has 7 nitrogen and oxygen atoms in total. The third-order valence-electron chi connectivity index (χ3n) is 3.97. The number of methoxy groups -OCH3 is 1. The Morgan fingerprint density at radius 3 is 2.37 bits per heavy atom. The third-order valence-corrected chi connectivity index (χ3v) is 3.97. The van der Waals surface area contributed by atoms with E-state index in [1.165, 1.54) is 42.4 Å². The molecule has 2 rings (SSSR count). The quantitative estimate of drug-likeness (QED) is 0.490. The van der Waals surface area contributed by atoms with Gasteiger partial charge in [0.15, 0.2) is 6.61 Å². The molecule has 0 spiro atoms. The zero-order valence-electron chi connectivity index (χ0n) is 16.2. The Bertz CT molecular complexity index is 963. The highest BCUT2D eigenvalue weighted by atomic mass is 19.1. The number of carbonyl (C=O) groups excluding carboxylic acids is 3. The lowest BCUT2D eigenvalue weighted by atomic mass is 10.1. The molecule has 0 N–H and O–H groups in total. The van der Waals surface area contributed by atoms with Gasteiger partial charge in [0.25, 0.3) is 5.91 Å². The van der Waals surface area contributed by atoms with E-state index in [9.17, 15) is 18.8 Å². The molecule has 30 heavy (non-hydrogen) atoms. The molecule has 0 radical (unpaired) electrons. The van der Waals surface area contributed by atoms with Crippen molar-refractivity contribution >= 4 is 29.6 Å². The Hall–Kier alpha value is -3.99. The lowest BCUT2D eigenvalue weighted by Gasteiger charge is -2.21. The standard InChI is InChI=1S/C22H19FN2O5/c1-29-22(28)17-6-3-16(4-7-17)5-12-21(27)30-15-20(26)25(14-2-13-24)19-10-8-18(23)9-11-19/h3-12H,2,14-15H2,1H3/b12-5+. The molecule has 154 valence electrons. The maximum atomic E-state index is 13.1. The SMILES string of the molecule is COC(=O)c1ccc(/C=C/C(=O)OCC(=O)N(CCC#N)c2ccc(F)cc2)cc1. The summed E-state index contributed by atoms with van der Waals surface area (Å²) in [6, 6.07) is 13.5. The maximum Gasteiger partial charge on any atom is 0.337 e. The molecule has 8 heteroatoms. The number of hydrogen-bond donors (Lipinski definition) is 0. The predicted octanol–water partition coefficient (Wildman–Crippen LogP) is 3.12. The Morgan fingerprint density at radius 2 is 1.77 bits per heavy atom. The summed E-state index contributed by atoms with van der Waals surface area (Å²) in [5.74, 6) is -2.20. The number of nitrogens with zero attached hydrogens (tertiary/aromatic N) is 2. The fourth-order valence-corrected chi connectivity index (χ4v) is 2.45. The van der Waals surface area contributed by atoms with Crippen LogP contribution in [0.25, 0.3) is 6.08 Å². The van der Waals surface area contributed by atoms with E-state index in [0.717, 1.165) is 6.08 Å². The molecule has 0 unspecified atom stereocenters. The summed E-state index contributed by atoms with van der Waals surface area (Å²) >= 11 is 0. The molecule has 2 aromatic rings. The molecule has 0 bridgehead atoms. The topological polar surface area (TPSA) is 96.7 Å². The van der Waals surface area contributed by atoms with Crippen molar-refractivity contribution in [3.63, 3.8) is 0 Å². The molecule has 0 aliphatic rings. The number of ether oxygens (including phenoxy) is 2. The number of anilines is 1. The van der Waals surface area contributed by atoms with E-state index in [1.54, 1.807) is 24.3 Å². The summed E-state index contributed by atoms with van der Waals surface area (Å²) in [5.41, 5.74) is 1.42. The van der Waals surface area contributed by atoms with Crippen molar-refractivity contribution in [1.82, 2.24) is 0 Å². The second kappa shape index (κ2) is 11.1. The Morgan fingerprint density at radius 1 is 1.10 bits per heavy atom. The first-order chi connectivity index (χ1) is 14.4. The minimum atomic E-state index is -0.736. The molecule has 2 aromatic carbocycles. The normalized spacial score (nSPS) is 10.3. The molecule has 0 atom stereocenters. The van der Waals surface area contributed by atoms with Gasteiger partial charge in [-0.15, -0.1) is 0 Å². The van der Waals surface area contributed by atoms with Gasteiger partial charge in [-0.2, -0.15) is 5.26 Å². The molecular weight excluding hydrogens is 391 g/mol. The van der Waals surface area contributed by atoms with Crippen LogP contribution < -0.4 is 4.90 Å². The number of nitriles is 1. The summed E-state index contributed by atoms with van der Waals surface area (Å²) in [4.78, 5) is 37.0. The van der Waals surface area contributed by atoms with Crippen LogP contribution >= 0.6 is 0 Å². The zero-order valence-corrected chi connectivity index (χ0v) is 16.2. The summed E-state index contributed by atoms with van der Waals surface area (Å²) in [5, 5.41) is 8.78. The molecule has 0 aromatic heterocycles. The van der Waals surface area contributed by atoms with Gasteiger partial charge in [-0.25, -0.2) is 14.0 Å². The minimum Gasteiger partial charge on any atom is -0.465 e. The highest BCUT2D eigenvalue weighted by Crippen LogP contribution is 2.16. The number of esters is 2. The number of carbonyl (C=O) groups is 3. The van der Waals surface area contributed by atoms with Crippen LogP contribution in [0.2, 0.25) is 0 Å². The highest BCUT2D eigenvalue weighted by molar-refractivity contribution is 5.96. The molecule has 1 amide bonds. The number of hydrogen-bond acceptors (Lipinski definition) is 6. The van der Waals surface area contributed by atoms with Crippen molar-refractivity contribution in [3.05, 3.63) is 71.6 Å².